The van der Waals surface area contributed by atoms with Gasteiger partial charge in [0.25, 0.3) is 0 Å². The third-order valence-electron chi connectivity index (χ3n) is 2.84. The van der Waals surface area contributed by atoms with Crippen LogP contribution in [0.15, 0.2) is 0 Å². The van der Waals surface area contributed by atoms with Crippen molar-refractivity contribution in [2.24, 2.45) is 0 Å². The van der Waals surface area contributed by atoms with Crippen molar-refractivity contribution in [3.63, 3.8) is 0 Å². The van der Waals surface area contributed by atoms with Crippen molar-refractivity contribution in [2.75, 3.05) is 38.5 Å². The number of amides is 1. The van der Waals surface area contributed by atoms with E-state index in [-0.39, 0.29) is 12.5 Å². The van der Waals surface area contributed by atoms with E-state index in [9.17, 15) is 9.59 Å². The molecule has 0 unspecified atom stereocenters. The second-order valence-corrected chi connectivity index (χ2v) is 6.33. The molecule has 18 heavy (non-hydrogen) atoms. The van der Waals surface area contributed by atoms with E-state index in [2.05, 4.69) is 13.8 Å². The molecule has 0 radical (unpaired) electrons. The molecule has 0 atom stereocenters. The van der Waals surface area contributed by atoms with Crippen LogP contribution in [0.2, 0.25) is 0 Å². The summed E-state index contributed by atoms with van der Waals surface area (Å²) in [5.74, 6) is -0.104. The molecular formula is C12H22N2O3S. The van der Waals surface area contributed by atoms with E-state index in [1.165, 1.54) is 0 Å². The third-order valence-corrected chi connectivity index (χ3v) is 3.92. The van der Waals surface area contributed by atoms with Gasteiger partial charge in [0.1, 0.15) is 0 Å². The Morgan fingerprint density at radius 2 is 1.94 bits per heavy atom. The molecule has 0 aromatic carbocycles. The van der Waals surface area contributed by atoms with Gasteiger partial charge in [-0.1, -0.05) is 13.8 Å². The lowest BCUT2D eigenvalue weighted by atomic mass is 10.4. The van der Waals surface area contributed by atoms with Gasteiger partial charge in [0.15, 0.2) is 0 Å². The number of hydrogen-bond donors (Lipinski definition) is 1. The Hall–Kier alpha value is -0.750. The Labute approximate surface area is 113 Å². The molecular weight excluding hydrogens is 252 g/mol. The SMILES string of the molecule is CC(C)SCC(=O)N1CCCN(CC(=O)O)CC1. The normalized spacial score (nSPS) is 17.8. The summed E-state index contributed by atoms with van der Waals surface area (Å²) in [6.07, 6.45) is 0.853. The lowest BCUT2D eigenvalue weighted by molar-refractivity contribution is -0.138. The second kappa shape index (κ2) is 7.63. The number of carboxylic acid groups (broad SMARTS) is 1. The highest BCUT2D eigenvalue weighted by molar-refractivity contribution is 8.00. The van der Waals surface area contributed by atoms with Crippen molar-refractivity contribution in [3.05, 3.63) is 0 Å². The maximum absolute atomic E-state index is 12.0. The van der Waals surface area contributed by atoms with E-state index in [0.717, 1.165) is 19.5 Å². The number of carbonyl (C=O) groups excluding carboxylic acids is 1. The van der Waals surface area contributed by atoms with Gasteiger partial charge in [-0.3, -0.25) is 14.5 Å². The first-order valence-corrected chi connectivity index (χ1v) is 7.37. The first kappa shape index (κ1) is 15.3. The lowest BCUT2D eigenvalue weighted by Crippen LogP contribution is -2.37. The van der Waals surface area contributed by atoms with E-state index >= 15 is 0 Å². The van der Waals surface area contributed by atoms with Crippen molar-refractivity contribution < 1.29 is 14.7 Å². The molecule has 0 aliphatic carbocycles. The fourth-order valence-corrected chi connectivity index (χ4v) is 2.56. The van der Waals surface area contributed by atoms with Crippen LogP contribution >= 0.6 is 11.8 Å². The minimum Gasteiger partial charge on any atom is -0.480 e. The van der Waals surface area contributed by atoms with Crippen LogP contribution < -0.4 is 0 Å². The molecule has 0 aromatic rings. The maximum Gasteiger partial charge on any atom is 0.317 e. The molecule has 1 aliphatic rings. The van der Waals surface area contributed by atoms with Crippen molar-refractivity contribution in [2.45, 2.75) is 25.5 Å². The zero-order valence-electron chi connectivity index (χ0n) is 11.1. The predicted octanol–water partition coefficient (Wildman–Crippen LogP) is 0.747. The summed E-state index contributed by atoms with van der Waals surface area (Å²) in [5, 5.41) is 9.21. The molecule has 1 aliphatic heterocycles. The van der Waals surface area contributed by atoms with Gasteiger partial charge < -0.3 is 10.0 Å². The monoisotopic (exact) mass is 274 g/mol. The van der Waals surface area contributed by atoms with Gasteiger partial charge in [0.05, 0.1) is 12.3 Å². The maximum atomic E-state index is 12.0. The molecule has 104 valence electrons. The Bertz CT molecular complexity index is 297. The largest absolute Gasteiger partial charge is 0.480 e. The third kappa shape index (κ3) is 5.73. The zero-order chi connectivity index (χ0) is 13.5. The number of carbonyl (C=O) groups is 2. The Morgan fingerprint density at radius 3 is 2.56 bits per heavy atom. The van der Waals surface area contributed by atoms with E-state index < -0.39 is 5.97 Å². The van der Waals surface area contributed by atoms with E-state index in [1.54, 1.807) is 11.8 Å². The standard InChI is InChI=1S/C12H22N2O3S/c1-10(2)18-9-11(15)14-5-3-4-13(6-7-14)8-12(16)17/h10H,3-9H2,1-2H3,(H,16,17). The summed E-state index contributed by atoms with van der Waals surface area (Å²) >= 11 is 1.65. The van der Waals surface area contributed by atoms with Gasteiger partial charge in [0, 0.05) is 26.2 Å². The topological polar surface area (TPSA) is 60.9 Å². The lowest BCUT2D eigenvalue weighted by Gasteiger charge is -2.21. The van der Waals surface area contributed by atoms with Crippen LogP contribution in [0.5, 0.6) is 0 Å². The summed E-state index contributed by atoms with van der Waals surface area (Å²) in [7, 11) is 0. The van der Waals surface area contributed by atoms with Gasteiger partial charge in [0.2, 0.25) is 5.91 Å². The Balaban J connectivity index is 2.36. The minimum atomic E-state index is -0.801. The average Bonchev–Trinajstić information content (AvgIpc) is 2.50. The van der Waals surface area contributed by atoms with Gasteiger partial charge in [-0.2, -0.15) is 0 Å². The smallest absolute Gasteiger partial charge is 0.317 e. The van der Waals surface area contributed by atoms with Crippen LogP contribution in [0.4, 0.5) is 0 Å². The predicted molar refractivity (Wildman–Crippen MR) is 72.9 cm³/mol. The molecule has 1 rings (SSSR count). The summed E-state index contributed by atoms with van der Waals surface area (Å²) in [5.41, 5.74) is 0. The minimum absolute atomic E-state index is 0.0722. The quantitative estimate of drug-likeness (QED) is 0.801. The second-order valence-electron chi connectivity index (χ2n) is 4.76. The Morgan fingerprint density at radius 1 is 1.22 bits per heavy atom. The van der Waals surface area contributed by atoms with Gasteiger partial charge >= 0.3 is 5.97 Å². The van der Waals surface area contributed by atoms with Crippen molar-refractivity contribution >= 4 is 23.6 Å². The number of thioether (sulfide) groups is 1. The van der Waals surface area contributed by atoms with Crippen molar-refractivity contribution in [3.8, 4) is 0 Å². The van der Waals surface area contributed by atoms with Crippen molar-refractivity contribution in [1.29, 1.82) is 0 Å². The molecule has 0 saturated carbocycles. The van der Waals surface area contributed by atoms with Crippen LogP contribution in [0, 0.1) is 0 Å². The summed E-state index contributed by atoms with van der Waals surface area (Å²) in [6.45, 7) is 7.03. The number of rotatable bonds is 5. The van der Waals surface area contributed by atoms with Crippen LogP contribution in [0.1, 0.15) is 20.3 Å². The molecule has 1 saturated heterocycles. The summed E-state index contributed by atoms with van der Waals surface area (Å²) in [4.78, 5) is 26.4. The van der Waals surface area contributed by atoms with Crippen LogP contribution in [0.25, 0.3) is 0 Å². The molecule has 1 amide bonds. The van der Waals surface area contributed by atoms with E-state index in [1.807, 2.05) is 9.80 Å². The molecule has 0 bridgehead atoms. The number of aliphatic carboxylic acids is 1. The molecule has 1 N–H and O–H groups in total. The van der Waals surface area contributed by atoms with Gasteiger partial charge in [-0.25, -0.2) is 0 Å². The fourth-order valence-electron chi connectivity index (χ4n) is 1.90. The zero-order valence-corrected chi connectivity index (χ0v) is 11.9. The number of nitrogens with zero attached hydrogens (tertiary/aromatic N) is 2. The van der Waals surface area contributed by atoms with Gasteiger partial charge in [-0.15, -0.1) is 11.8 Å². The molecule has 1 heterocycles. The molecule has 1 fully saturated rings. The number of carboxylic acids is 1. The molecule has 6 heteroatoms. The average molecular weight is 274 g/mol. The van der Waals surface area contributed by atoms with Crippen LogP contribution in [0.3, 0.4) is 0 Å². The fraction of sp³-hybridized carbons (Fsp3) is 0.833. The van der Waals surface area contributed by atoms with E-state index in [4.69, 9.17) is 5.11 Å². The first-order valence-electron chi connectivity index (χ1n) is 6.32. The molecule has 0 aromatic heterocycles. The highest BCUT2D eigenvalue weighted by Crippen LogP contribution is 2.11. The molecule has 5 nitrogen and oxygen atoms in total. The van der Waals surface area contributed by atoms with Crippen LogP contribution in [-0.4, -0.2) is 70.5 Å². The van der Waals surface area contributed by atoms with Gasteiger partial charge in [-0.05, 0) is 11.7 Å². The van der Waals surface area contributed by atoms with Crippen molar-refractivity contribution in [1.82, 2.24) is 9.80 Å². The summed E-state index contributed by atoms with van der Waals surface area (Å²) in [6, 6.07) is 0. The highest BCUT2D eigenvalue weighted by atomic mass is 32.2. The number of hydrogen-bond acceptors (Lipinski definition) is 4. The molecule has 0 spiro atoms. The first-order chi connectivity index (χ1) is 8.49. The Kier molecular flexibility index (Phi) is 6.49. The van der Waals surface area contributed by atoms with E-state index in [0.29, 0.717) is 24.1 Å². The highest BCUT2D eigenvalue weighted by Gasteiger charge is 2.20. The van der Waals surface area contributed by atoms with Crippen LogP contribution in [-0.2, 0) is 9.59 Å². The summed E-state index contributed by atoms with van der Waals surface area (Å²) < 4.78 is 0.